The van der Waals surface area contributed by atoms with E-state index in [4.69, 9.17) is 5.73 Å². The summed E-state index contributed by atoms with van der Waals surface area (Å²) in [4.78, 5) is 13.0. The van der Waals surface area contributed by atoms with E-state index >= 15 is 0 Å². The zero-order valence-electron chi connectivity index (χ0n) is 10.3. The summed E-state index contributed by atoms with van der Waals surface area (Å²) in [5.74, 6) is -0.881. The Morgan fingerprint density at radius 3 is 2.94 bits per heavy atom. The van der Waals surface area contributed by atoms with Gasteiger partial charge in [-0.3, -0.25) is 4.79 Å². The molecule has 4 nitrogen and oxygen atoms in total. The molecule has 2 rings (SSSR count). The summed E-state index contributed by atoms with van der Waals surface area (Å²) in [7, 11) is 0. The van der Waals surface area contributed by atoms with E-state index in [0.717, 1.165) is 6.42 Å². The fraction of sp³-hybridized carbons (Fsp3) is 0.462. The van der Waals surface area contributed by atoms with Crippen LogP contribution in [0.2, 0.25) is 0 Å². The molecule has 1 heterocycles. The Morgan fingerprint density at radius 2 is 2.33 bits per heavy atom. The zero-order valence-corrected chi connectivity index (χ0v) is 10.3. The van der Waals surface area contributed by atoms with E-state index in [1.54, 1.807) is 24.0 Å². The van der Waals surface area contributed by atoms with E-state index in [-0.39, 0.29) is 0 Å². The van der Waals surface area contributed by atoms with Gasteiger partial charge in [-0.25, -0.2) is 4.39 Å². The summed E-state index contributed by atoms with van der Waals surface area (Å²) in [6.07, 6.45) is 0.634. The summed E-state index contributed by atoms with van der Waals surface area (Å²) in [5, 5.41) is 9.70. The summed E-state index contributed by atoms with van der Waals surface area (Å²) in [5.41, 5.74) is 6.13. The molecule has 1 amide bonds. The van der Waals surface area contributed by atoms with E-state index in [1.807, 2.05) is 0 Å². The molecule has 0 aliphatic carbocycles. The molecule has 1 aliphatic rings. The van der Waals surface area contributed by atoms with Crippen molar-refractivity contribution in [1.29, 1.82) is 0 Å². The fourth-order valence-corrected chi connectivity index (χ4v) is 2.50. The lowest BCUT2D eigenvalue weighted by molar-refractivity contribution is -0.119. The van der Waals surface area contributed by atoms with Crippen LogP contribution in [-0.2, 0) is 4.79 Å². The number of rotatable bonds is 3. The number of aliphatic hydroxyl groups is 1. The van der Waals surface area contributed by atoms with Crippen LogP contribution in [0.3, 0.4) is 0 Å². The van der Waals surface area contributed by atoms with Crippen molar-refractivity contribution in [3.63, 3.8) is 0 Å². The smallest absolute Gasteiger partial charge is 0.240 e. The van der Waals surface area contributed by atoms with Crippen molar-refractivity contribution in [2.75, 3.05) is 11.4 Å². The highest BCUT2D eigenvalue weighted by Crippen LogP contribution is 2.34. The third-order valence-corrected chi connectivity index (χ3v) is 3.34. The first-order valence-electron chi connectivity index (χ1n) is 6.04. The first-order chi connectivity index (χ1) is 8.52. The summed E-state index contributed by atoms with van der Waals surface area (Å²) < 4.78 is 14.0. The average molecular weight is 252 g/mol. The molecular weight excluding hydrogens is 235 g/mol. The van der Waals surface area contributed by atoms with Crippen molar-refractivity contribution in [1.82, 2.24) is 0 Å². The highest BCUT2D eigenvalue weighted by Gasteiger charge is 2.32. The highest BCUT2D eigenvalue weighted by molar-refractivity contribution is 5.84. The minimum absolute atomic E-state index is 0.300. The molecule has 1 aromatic rings. The Morgan fingerprint density at radius 1 is 1.61 bits per heavy atom. The van der Waals surface area contributed by atoms with Gasteiger partial charge in [-0.1, -0.05) is 12.1 Å². The molecule has 3 N–H and O–H groups in total. The van der Waals surface area contributed by atoms with Crippen LogP contribution < -0.4 is 10.6 Å². The number of hydrogen-bond donors (Lipinski definition) is 2. The highest BCUT2D eigenvalue weighted by atomic mass is 19.1. The Hall–Kier alpha value is -1.62. The lowest BCUT2D eigenvalue weighted by atomic mass is 10.1. The number of primary amides is 1. The van der Waals surface area contributed by atoms with Crippen LogP contribution in [0.5, 0.6) is 0 Å². The maximum absolute atomic E-state index is 14.0. The second kappa shape index (κ2) is 4.94. The van der Waals surface area contributed by atoms with Gasteiger partial charge in [0.05, 0.1) is 11.8 Å². The molecule has 0 bridgehead atoms. The maximum atomic E-state index is 14.0. The van der Waals surface area contributed by atoms with Gasteiger partial charge in [0.25, 0.3) is 0 Å². The standard InChI is InChI=1S/C13H17FN2O2/c1-8(17)9-4-2-5-10(14)12(9)16-7-3-6-11(16)13(15)18/h2,4-5,8,11,17H,3,6-7H2,1H3,(H2,15,18). The average Bonchev–Trinajstić information content (AvgIpc) is 2.77. The van der Waals surface area contributed by atoms with Crippen LogP contribution in [0.25, 0.3) is 0 Å². The van der Waals surface area contributed by atoms with Gasteiger partial charge in [0.15, 0.2) is 0 Å². The van der Waals surface area contributed by atoms with Crippen LogP contribution in [0.4, 0.5) is 10.1 Å². The minimum Gasteiger partial charge on any atom is -0.389 e. The van der Waals surface area contributed by atoms with E-state index in [0.29, 0.717) is 24.2 Å². The van der Waals surface area contributed by atoms with Gasteiger partial charge < -0.3 is 15.7 Å². The number of halogens is 1. The molecule has 1 aromatic carbocycles. The van der Waals surface area contributed by atoms with E-state index in [1.165, 1.54) is 6.07 Å². The molecule has 0 aromatic heterocycles. The molecule has 5 heteroatoms. The topological polar surface area (TPSA) is 66.6 Å². The van der Waals surface area contributed by atoms with Gasteiger partial charge in [-0.15, -0.1) is 0 Å². The van der Waals surface area contributed by atoms with Gasteiger partial charge in [0, 0.05) is 12.1 Å². The Labute approximate surface area is 105 Å². The Bertz CT molecular complexity index is 462. The van der Waals surface area contributed by atoms with Gasteiger partial charge >= 0.3 is 0 Å². The zero-order chi connectivity index (χ0) is 13.3. The predicted molar refractivity (Wildman–Crippen MR) is 66.6 cm³/mol. The van der Waals surface area contributed by atoms with E-state index in [9.17, 15) is 14.3 Å². The third kappa shape index (κ3) is 2.18. The molecule has 18 heavy (non-hydrogen) atoms. The van der Waals surface area contributed by atoms with Crippen LogP contribution >= 0.6 is 0 Å². The van der Waals surface area contributed by atoms with Crippen molar-refractivity contribution >= 4 is 11.6 Å². The fourth-order valence-electron chi connectivity index (χ4n) is 2.50. The molecule has 1 saturated heterocycles. The number of carbonyl (C=O) groups is 1. The third-order valence-electron chi connectivity index (χ3n) is 3.34. The predicted octanol–water partition coefficient (Wildman–Crippen LogP) is 1.33. The number of hydrogen-bond acceptors (Lipinski definition) is 3. The number of amides is 1. The maximum Gasteiger partial charge on any atom is 0.240 e. The van der Waals surface area contributed by atoms with Crippen molar-refractivity contribution in [3.8, 4) is 0 Å². The molecule has 98 valence electrons. The molecule has 0 radical (unpaired) electrons. The number of para-hydroxylation sites is 1. The minimum atomic E-state index is -0.787. The van der Waals surface area contributed by atoms with Crippen molar-refractivity contribution in [3.05, 3.63) is 29.6 Å². The monoisotopic (exact) mass is 252 g/mol. The summed E-state index contributed by atoms with van der Waals surface area (Å²) in [6.45, 7) is 2.15. The number of nitrogens with two attached hydrogens (primary N) is 1. The number of aliphatic hydroxyl groups excluding tert-OH is 1. The number of nitrogens with zero attached hydrogens (tertiary/aromatic N) is 1. The normalized spacial score (nSPS) is 21.1. The van der Waals surface area contributed by atoms with Crippen molar-refractivity contribution in [2.45, 2.75) is 31.9 Å². The first-order valence-corrected chi connectivity index (χ1v) is 6.04. The number of benzene rings is 1. The lowest BCUT2D eigenvalue weighted by Gasteiger charge is -2.28. The lowest BCUT2D eigenvalue weighted by Crippen LogP contribution is -2.41. The number of anilines is 1. The van der Waals surface area contributed by atoms with Gasteiger partial charge in [-0.2, -0.15) is 0 Å². The Balaban J connectivity index is 2.46. The molecule has 0 spiro atoms. The SMILES string of the molecule is CC(O)c1cccc(F)c1N1CCCC1C(N)=O. The quantitative estimate of drug-likeness (QED) is 0.853. The summed E-state index contributed by atoms with van der Waals surface area (Å²) in [6, 6.07) is 4.06. The second-order valence-electron chi connectivity index (χ2n) is 4.61. The summed E-state index contributed by atoms with van der Waals surface area (Å²) >= 11 is 0. The van der Waals surface area contributed by atoms with Crippen LogP contribution in [0.15, 0.2) is 18.2 Å². The van der Waals surface area contributed by atoms with E-state index < -0.39 is 23.9 Å². The van der Waals surface area contributed by atoms with Crippen molar-refractivity contribution in [2.24, 2.45) is 5.73 Å². The van der Waals surface area contributed by atoms with Crippen LogP contribution in [-0.4, -0.2) is 23.6 Å². The van der Waals surface area contributed by atoms with Crippen LogP contribution in [0, 0.1) is 5.82 Å². The molecule has 2 atom stereocenters. The Kier molecular flexibility index (Phi) is 3.52. The molecule has 0 saturated carbocycles. The molecule has 1 aliphatic heterocycles. The first kappa shape index (κ1) is 12.8. The number of carbonyl (C=O) groups excluding carboxylic acids is 1. The second-order valence-corrected chi connectivity index (χ2v) is 4.61. The van der Waals surface area contributed by atoms with Gasteiger partial charge in [0.2, 0.25) is 5.91 Å². The largest absolute Gasteiger partial charge is 0.389 e. The van der Waals surface area contributed by atoms with E-state index in [2.05, 4.69) is 0 Å². The molecule has 2 unspecified atom stereocenters. The molecular formula is C13H17FN2O2. The van der Waals surface area contributed by atoms with Crippen LogP contribution in [0.1, 0.15) is 31.4 Å². The van der Waals surface area contributed by atoms with Crippen molar-refractivity contribution < 1.29 is 14.3 Å². The molecule has 1 fully saturated rings. The van der Waals surface area contributed by atoms with Gasteiger partial charge in [-0.05, 0) is 25.8 Å². The van der Waals surface area contributed by atoms with Gasteiger partial charge in [0.1, 0.15) is 11.9 Å².